The molecular formula is C22H24ClFN2O4. The van der Waals surface area contributed by atoms with Gasteiger partial charge in [-0.2, -0.15) is 0 Å². The first kappa shape index (κ1) is 19.9. The number of hydrogen-bond acceptors (Lipinski definition) is 6. The Hall–Kier alpha value is -2.06. The van der Waals surface area contributed by atoms with Crippen LogP contribution in [-0.4, -0.2) is 66.7 Å². The number of hydrogen-bond donors (Lipinski definition) is 2. The van der Waals surface area contributed by atoms with Crippen molar-refractivity contribution in [1.82, 2.24) is 4.90 Å². The normalized spacial score (nSPS) is 26.0. The van der Waals surface area contributed by atoms with Crippen molar-refractivity contribution in [2.24, 2.45) is 0 Å². The number of aliphatic hydroxyl groups excluding tert-OH is 2. The zero-order chi connectivity index (χ0) is 20.8. The minimum atomic E-state index is -0.599. The topological polar surface area (TPSA) is 65.4 Å². The summed E-state index contributed by atoms with van der Waals surface area (Å²) >= 11 is 6.31. The second-order valence-electron chi connectivity index (χ2n) is 8.07. The highest BCUT2D eigenvalue weighted by molar-refractivity contribution is 6.31. The summed E-state index contributed by atoms with van der Waals surface area (Å²) in [6, 6.07) is 8.19. The Labute approximate surface area is 179 Å². The van der Waals surface area contributed by atoms with Crippen LogP contribution < -0.4 is 14.4 Å². The molecule has 1 fully saturated rings. The fourth-order valence-electron chi connectivity index (χ4n) is 4.71. The maximum Gasteiger partial charge on any atom is 0.184 e. The van der Waals surface area contributed by atoms with Crippen LogP contribution in [0.5, 0.6) is 11.5 Å². The van der Waals surface area contributed by atoms with Gasteiger partial charge in [-0.25, -0.2) is 4.39 Å². The number of nitrogens with zero attached hydrogens (tertiary/aromatic N) is 2. The first-order valence-corrected chi connectivity index (χ1v) is 10.6. The van der Waals surface area contributed by atoms with Gasteiger partial charge < -0.3 is 24.6 Å². The molecule has 0 amide bonds. The highest BCUT2D eigenvalue weighted by Crippen LogP contribution is 2.44. The average Bonchev–Trinajstić information content (AvgIpc) is 3.08. The SMILES string of the molecule is OCC1COc2c(cc(Cl)cc2N2CCN([C@@H]3Cc4cc(F)ccc4[C@H]3O)CC2)O1. The molecule has 30 heavy (non-hydrogen) atoms. The number of fused-ring (bicyclic) bond motifs is 2. The van der Waals surface area contributed by atoms with Crippen LogP contribution in [0.15, 0.2) is 30.3 Å². The lowest BCUT2D eigenvalue weighted by Crippen LogP contribution is -2.51. The largest absolute Gasteiger partial charge is 0.484 e. The summed E-state index contributed by atoms with van der Waals surface area (Å²) in [5.41, 5.74) is 2.60. The molecule has 2 N–H and O–H groups in total. The van der Waals surface area contributed by atoms with Gasteiger partial charge in [-0.3, -0.25) is 4.90 Å². The highest BCUT2D eigenvalue weighted by Gasteiger charge is 2.37. The second kappa shape index (κ2) is 7.89. The van der Waals surface area contributed by atoms with E-state index in [-0.39, 0.29) is 18.5 Å². The maximum absolute atomic E-state index is 13.6. The third kappa shape index (κ3) is 3.50. The number of piperazine rings is 1. The number of aliphatic hydroxyl groups is 2. The summed E-state index contributed by atoms with van der Waals surface area (Å²) in [5.74, 6) is 0.943. The first-order valence-electron chi connectivity index (χ1n) is 10.2. The van der Waals surface area contributed by atoms with E-state index in [1.165, 1.54) is 12.1 Å². The van der Waals surface area contributed by atoms with Crippen LogP contribution in [0.25, 0.3) is 0 Å². The highest BCUT2D eigenvalue weighted by atomic mass is 35.5. The summed E-state index contributed by atoms with van der Waals surface area (Å²) in [4.78, 5) is 4.48. The Kier molecular flexibility index (Phi) is 5.23. The third-order valence-corrected chi connectivity index (χ3v) is 6.47. The van der Waals surface area contributed by atoms with E-state index >= 15 is 0 Å². The fraction of sp³-hybridized carbons (Fsp3) is 0.455. The van der Waals surface area contributed by atoms with Gasteiger partial charge in [0, 0.05) is 43.3 Å². The van der Waals surface area contributed by atoms with Crippen LogP contribution in [0.2, 0.25) is 5.02 Å². The molecule has 8 heteroatoms. The smallest absolute Gasteiger partial charge is 0.184 e. The number of ether oxygens (including phenoxy) is 2. The molecule has 3 aliphatic rings. The molecule has 0 spiro atoms. The molecule has 0 aromatic heterocycles. The lowest BCUT2D eigenvalue weighted by atomic mass is 10.1. The molecule has 2 heterocycles. The van der Waals surface area contributed by atoms with E-state index in [1.54, 1.807) is 12.1 Å². The third-order valence-electron chi connectivity index (χ3n) is 6.25. The van der Waals surface area contributed by atoms with Crippen molar-refractivity contribution in [3.63, 3.8) is 0 Å². The molecule has 2 aliphatic heterocycles. The van der Waals surface area contributed by atoms with E-state index in [9.17, 15) is 14.6 Å². The van der Waals surface area contributed by atoms with Crippen molar-refractivity contribution >= 4 is 17.3 Å². The molecule has 1 unspecified atom stereocenters. The molecule has 3 atom stereocenters. The van der Waals surface area contributed by atoms with Crippen LogP contribution in [0.4, 0.5) is 10.1 Å². The van der Waals surface area contributed by atoms with Gasteiger partial charge in [0.05, 0.1) is 18.4 Å². The fourth-order valence-corrected chi connectivity index (χ4v) is 4.91. The van der Waals surface area contributed by atoms with E-state index in [1.807, 2.05) is 6.07 Å². The lowest BCUT2D eigenvalue weighted by Gasteiger charge is -2.41. The molecule has 5 rings (SSSR count). The summed E-state index contributed by atoms with van der Waals surface area (Å²) < 4.78 is 25.3. The van der Waals surface area contributed by atoms with Crippen molar-refractivity contribution in [3.05, 3.63) is 52.3 Å². The molecule has 1 aliphatic carbocycles. The van der Waals surface area contributed by atoms with Gasteiger partial charge in [-0.1, -0.05) is 17.7 Å². The van der Waals surface area contributed by atoms with Gasteiger partial charge in [0.1, 0.15) is 12.4 Å². The molecule has 6 nitrogen and oxygen atoms in total. The van der Waals surface area contributed by atoms with Crippen molar-refractivity contribution in [2.75, 3.05) is 44.3 Å². The minimum Gasteiger partial charge on any atom is -0.484 e. The van der Waals surface area contributed by atoms with Crippen molar-refractivity contribution in [1.29, 1.82) is 0 Å². The number of halogens is 2. The zero-order valence-corrected chi connectivity index (χ0v) is 17.2. The van der Waals surface area contributed by atoms with Crippen molar-refractivity contribution in [3.8, 4) is 11.5 Å². The Morgan fingerprint density at radius 1 is 1.13 bits per heavy atom. The Bertz CT molecular complexity index is 951. The standard InChI is InChI=1S/C22H24ClFN2O4/c23-14-9-19(22-20(10-14)30-16(11-27)12-29-22)26-5-3-25(4-6-26)18-8-13-7-15(24)1-2-17(13)21(18)28/h1-2,7,9-10,16,18,21,27-28H,3-6,8,11-12H2/t16?,18-,21-/m1/s1. The Morgan fingerprint density at radius 3 is 2.70 bits per heavy atom. The molecule has 0 radical (unpaired) electrons. The van der Waals surface area contributed by atoms with E-state index in [0.29, 0.717) is 29.5 Å². The van der Waals surface area contributed by atoms with Gasteiger partial charge in [0.15, 0.2) is 17.6 Å². The lowest BCUT2D eigenvalue weighted by molar-refractivity contribution is 0.0452. The van der Waals surface area contributed by atoms with E-state index < -0.39 is 12.2 Å². The van der Waals surface area contributed by atoms with E-state index in [0.717, 1.165) is 43.0 Å². The van der Waals surface area contributed by atoms with Crippen molar-refractivity contribution < 1.29 is 24.1 Å². The molecule has 0 saturated carbocycles. The van der Waals surface area contributed by atoms with Gasteiger partial charge in [-0.15, -0.1) is 0 Å². The monoisotopic (exact) mass is 434 g/mol. The molecular weight excluding hydrogens is 411 g/mol. The quantitative estimate of drug-likeness (QED) is 0.773. The Balaban J connectivity index is 1.30. The van der Waals surface area contributed by atoms with Crippen LogP contribution in [0.1, 0.15) is 17.2 Å². The molecule has 1 saturated heterocycles. The second-order valence-corrected chi connectivity index (χ2v) is 8.50. The average molecular weight is 435 g/mol. The first-order chi connectivity index (χ1) is 14.5. The molecule has 2 aromatic rings. The summed E-state index contributed by atoms with van der Waals surface area (Å²) in [6.45, 7) is 3.19. The number of benzene rings is 2. The summed E-state index contributed by atoms with van der Waals surface area (Å²) in [6.07, 6.45) is -0.338. The van der Waals surface area contributed by atoms with Crippen molar-refractivity contribution in [2.45, 2.75) is 24.7 Å². The van der Waals surface area contributed by atoms with Gasteiger partial charge in [0.2, 0.25) is 0 Å². The van der Waals surface area contributed by atoms with Crippen LogP contribution in [0, 0.1) is 5.82 Å². The Morgan fingerprint density at radius 2 is 1.93 bits per heavy atom. The summed E-state index contributed by atoms with van der Waals surface area (Å²) in [7, 11) is 0. The molecule has 160 valence electrons. The number of anilines is 1. The summed E-state index contributed by atoms with van der Waals surface area (Å²) in [5, 5.41) is 20.7. The zero-order valence-electron chi connectivity index (χ0n) is 16.4. The van der Waals surface area contributed by atoms with Crippen LogP contribution >= 0.6 is 11.6 Å². The molecule has 0 bridgehead atoms. The van der Waals surface area contributed by atoms with E-state index in [2.05, 4.69) is 9.80 Å². The van der Waals surface area contributed by atoms with Crippen LogP contribution in [-0.2, 0) is 6.42 Å². The van der Waals surface area contributed by atoms with Gasteiger partial charge >= 0.3 is 0 Å². The predicted octanol–water partition coefficient (Wildman–Crippen LogP) is 2.39. The van der Waals surface area contributed by atoms with Gasteiger partial charge in [-0.05, 0) is 35.7 Å². The van der Waals surface area contributed by atoms with Crippen LogP contribution in [0.3, 0.4) is 0 Å². The van der Waals surface area contributed by atoms with Gasteiger partial charge in [0.25, 0.3) is 0 Å². The molecule has 2 aromatic carbocycles. The predicted molar refractivity (Wildman–Crippen MR) is 111 cm³/mol. The maximum atomic E-state index is 13.6. The number of rotatable bonds is 3. The minimum absolute atomic E-state index is 0.0397. The van der Waals surface area contributed by atoms with E-state index in [4.69, 9.17) is 21.1 Å².